The maximum atomic E-state index is 11.4. The number of aliphatic carboxylic acids is 1. The lowest BCUT2D eigenvalue weighted by Gasteiger charge is -2.24. The molecular formula is C14H22O6. The third kappa shape index (κ3) is 9.13. The quantitative estimate of drug-likeness (QED) is 0.396. The highest BCUT2D eigenvalue weighted by Crippen LogP contribution is 2.13. The highest BCUT2D eigenvalue weighted by molar-refractivity contribution is 5.87. The monoisotopic (exact) mass is 286 g/mol. The SMILES string of the molecule is C=C(C)C(=O)OC(C)(C)COC(=O)CCCCC(=O)O. The molecule has 0 aliphatic heterocycles. The van der Waals surface area contributed by atoms with Crippen LogP contribution in [0, 0.1) is 0 Å². The van der Waals surface area contributed by atoms with Gasteiger partial charge in [-0.25, -0.2) is 4.79 Å². The van der Waals surface area contributed by atoms with Crippen molar-refractivity contribution in [3.8, 4) is 0 Å². The Bertz CT molecular complexity index is 383. The molecule has 0 unspecified atom stereocenters. The van der Waals surface area contributed by atoms with Gasteiger partial charge in [0.15, 0.2) is 0 Å². The molecule has 0 aromatic heterocycles. The minimum Gasteiger partial charge on any atom is -0.481 e. The zero-order valence-electron chi connectivity index (χ0n) is 12.2. The number of hydrogen-bond acceptors (Lipinski definition) is 5. The summed E-state index contributed by atoms with van der Waals surface area (Å²) >= 11 is 0. The Balaban J connectivity index is 3.95. The van der Waals surface area contributed by atoms with Gasteiger partial charge < -0.3 is 14.6 Å². The van der Waals surface area contributed by atoms with Gasteiger partial charge in [-0.15, -0.1) is 0 Å². The Morgan fingerprint density at radius 2 is 1.70 bits per heavy atom. The molecule has 0 amide bonds. The summed E-state index contributed by atoms with van der Waals surface area (Å²) in [5.41, 5.74) is -0.648. The van der Waals surface area contributed by atoms with Crippen LogP contribution >= 0.6 is 0 Å². The molecule has 0 bridgehead atoms. The van der Waals surface area contributed by atoms with Crippen LogP contribution in [-0.4, -0.2) is 35.2 Å². The Labute approximate surface area is 118 Å². The molecule has 20 heavy (non-hydrogen) atoms. The van der Waals surface area contributed by atoms with Crippen molar-refractivity contribution in [1.29, 1.82) is 0 Å². The average molecular weight is 286 g/mol. The Morgan fingerprint density at radius 3 is 2.20 bits per heavy atom. The summed E-state index contributed by atoms with van der Waals surface area (Å²) in [4.78, 5) is 33.1. The number of carboxylic acids is 1. The van der Waals surface area contributed by atoms with Crippen molar-refractivity contribution in [2.45, 2.75) is 52.1 Å². The second-order valence-corrected chi connectivity index (χ2v) is 5.19. The van der Waals surface area contributed by atoms with Gasteiger partial charge in [0.25, 0.3) is 0 Å². The molecule has 0 aromatic carbocycles. The van der Waals surface area contributed by atoms with E-state index in [1.165, 1.54) is 6.92 Å². The fourth-order valence-electron chi connectivity index (χ4n) is 1.24. The summed E-state index contributed by atoms with van der Waals surface area (Å²) < 4.78 is 10.1. The van der Waals surface area contributed by atoms with E-state index in [-0.39, 0.29) is 25.0 Å². The van der Waals surface area contributed by atoms with Gasteiger partial charge in [0.2, 0.25) is 0 Å². The molecule has 1 N–H and O–H groups in total. The molecule has 114 valence electrons. The third-order valence-corrected chi connectivity index (χ3v) is 2.32. The summed E-state index contributed by atoms with van der Waals surface area (Å²) in [6, 6.07) is 0. The van der Waals surface area contributed by atoms with E-state index in [1.54, 1.807) is 13.8 Å². The molecule has 0 spiro atoms. The lowest BCUT2D eigenvalue weighted by Crippen LogP contribution is -2.34. The third-order valence-electron chi connectivity index (χ3n) is 2.32. The number of ether oxygens (including phenoxy) is 2. The van der Waals surface area contributed by atoms with Gasteiger partial charge in [-0.1, -0.05) is 6.58 Å². The largest absolute Gasteiger partial charge is 0.481 e. The number of carbonyl (C=O) groups is 3. The number of rotatable bonds is 9. The van der Waals surface area contributed by atoms with Gasteiger partial charge in [-0.05, 0) is 33.6 Å². The highest BCUT2D eigenvalue weighted by Gasteiger charge is 2.25. The van der Waals surface area contributed by atoms with Gasteiger partial charge >= 0.3 is 17.9 Å². The van der Waals surface area contributed by atoms with Gasteiger partial charge in [-0.2, -0.15) is 0 Å². The Morgan fingerprint density at radius 1 is 1.15 bits per heavy atom. The Kier molecular flexibility index (Phi) is 7.57. The average Bonchev–Trinajstić information content (AvgIpc) is 2.31. The molecule has 0 fully saturated rings. The zero-order chi connectivity index (χ0) is 15.8. The molecule has 0 saturated heterocycles. The first-order valence-electron chi connectivity index (χ1n) is 6.40. The predicted octanol–water partition coefficient (Wildman–Crippen LogP) is 2.07. The fraction of sp³-hybridized carbons (Fsp3) is 0.643. The van der Waals surface area contributed by atoms with Crippen LogP contribution in [0.1, 0.15) is 46.5 Å². The maximum absolute atomic E-state index is 11.4. The minimum atomic E-state index is -0.924. The van der Waals surface area contributed by atoms with Crippen LogP contribution < -0.4 is 0 Å². The van der Waals surface area contributed by atoms with Crippen LogP contribution in [-0.2, 0) is 23.9 Å². The number of esters is 2. The second-order valence-electron chi connectivity index (χ2n) is 5.19. The second kappa shape index (κ2) is 8.35. The molecule has 0 aliphatic carbocycles. The molecule has 0 aliphatic rings. The molecule has 6 nitrogen and oxygen atoms in total. The summed E-state index contributed by atoms with van der Waals surface area (Å²) in [6.07, 6.45) is 1.07. The normalized spacial score (nSPS) is 10.8. The van der Waals surface area contributed by atoms with Crippen molar-refractivity contribution in [2.24, 2.45) is 0 Å². The van der Waals surface area contributed by atoms with Gasteiger partial charge in [0, 0.05) is 18.4 Å². The molecule has 0 aromatic rings. The predicted molar refractivity (Wildman–Crippen MR) is 72.0 cm³/mol. The van der Waals surface area contributed by atoms with Crippen molar-refractivity contribution >= 4 is 17.9 Å². The van der Waals surface area contributed by atoms with E-state index in [2.05, 4.69) is 6.58 Å². The lowest BCUT2D eigenvalue weighted by atomic mass is 10.1. The van der Waals surface area contributed by atoms with Crippen molar-refractivity contribution < 1.29 is 29.0 Å². The van der Waals surface area contributed by atoms with E-state index in [0.29, 0.717) is 12.8 Å². The maximum Gasteiger partial charge on any atom is 0.333 e. The van der Waals surface area contributed by atoms with Crippen molar-refractivity contribution in [1.82, 2.24) is 0 Å². The van der Waals surface area contributed by atoms with Gasteiger partial charge in [0.1, 0.15) is 12.2 Å². The van der Waals surface area contributed by atoms with Crippen LogP contribution in [0.25, 0.3) is 0 Å². The number of unbranched alkanes of at least 4 members (excludes halogenated alkanes) is 1. The van der Waals surface area contributed by atoms with Gasteiger partial charge in [-0.3, -0.25) is 9.59 Å². The van der Waals surface area contributed by atoms with E-state index < -0.39 is 23.5 Å². The molecule has 0 radical (unpaired) electrons. The molecular weight excluding hydrogens is 264 g/mol. The fourth-order valence-corrected chi connectivity index (χ4v) is 1.24. The van der Waals surface area contributed by atoms with Gasteiger partial charge in [0.05, 0.1) is 0 Å². The Hall–Kier alpha value is -1.85. The zero-order valence-corrected chi connectivity index (χ0v) is 12.2. The van der Waals surface area contributed by atoms with Crippen LogP contribution in [0.4, 0.5) is 0 Å². The molecule has 6 heteroatoms. The first kappa shape index (κ1) is 18.1. The van der Waals surface area contributed by atoms with Crippen molar-refractivity contribution in [3.05, 3.63) is 12.2 Å². The molecule has 0 atom stereocenters. The first-order valence-corrected chi connectivity index (χ1v) is 6.40. The summed E-state index contributed by atoms with van der Waals surface area (Å²) in [7, 11) is 0. The van der Waals surface area contributed by atoms with E-state index >= 15 is 0 Å². The van der Waals surface area contributed by atoms with Crippen LogP contribution in [0.5, 0.6) is 0 Å². The summed E-state index contributed by atoms with van der Waals surface area (Å²) in [5.74, 6) is -1.85. The smallest absolute Gasteiger partial charge is 0.333 e. The van der Waals surface area contributed by atoms with Crippen LogP contribution in [0.2, 0.25) is 0 Å². The van der Waals surface area contributed by atoms with Crippen molar-refractivity contribution in [2.75, 3.05) is 6.61 Å². The number of carbonyl (C=O) groups excluding carboxylic acids is 2. The van der Waals surface area contributed by atoms with Crippen LogP contribution in [0.3, 0.4) is 0 Å². The number of hydrogen-bond donors (Lipinski definition) is 1. The highest BCUT2D eigenvalue weighted by atomic mass is 16.6. The van der Waals surface area contributed by atoms with E-state index in [9.17, 15) is 14.4 Å². The standard InChI is InChI=1S/C14H22O6/c1-10(2)13(18)20-14(3,4)9-19-12(17)8-6-5-7-11(15)16/h1,5-9H2,2-4H3,(H,15,16). The summed E-state index contributed by atoms with van der Waals surface area (Å²) in [6.45, 7) is 8.21. The molecule has 0 rings (SSSR count). The molecule has 0 heterocycles. The van der Waals surface area contributed by atoms with Crippen LogP contribution in [0.15, 0.2) is 12.2 Å². The lowest BCUT2D eigenvalue weighted by molar-refractivity contribution is -0.165. The summed E-state index contributed by atoms with van der Waals surface area (Å²) in [5, 5.41) is 8.45. The van der Waals surface area contributed by atoms with Crippen molar-refractivity contribution in [3.63, 3.8) is 0 Å². The molecule has 0 saturated carbocycles. The number of carboxylic acid groups (broad SMARTS) is 1. The minimum absolute atomic E-state index is 0.0367. The van der Waals surface area contributed by atoms with E-state index in [1.807, 2.05) is 0 Å². The van der Waals surface area contributed by atoms with E-state index in [0.717, 1.165) is 0 Å². The van der Waals surface area contributed by atoms with E-state index in [4.69, 9.17) is 14.6 Å². The topological polar surface area (TPSA) is 89.9 Å². The first-order chi connectivity index (χ1) is 9.14.